The number of nitrogens with zero attached hydrogens (tertiary/aromatic N) is 5. The fourth-order valence-corrected chi connectivity index (χ4v) is 6.77. The number of pyridine rings is 1. The summed E-state index contributed by atoms with van der Waals surface area (Å²) < 4.78 is 3.21. The molecule has 2 fully saturated rings. The van der Waals surface area contributed by atoms with Gasteiger partial charge in [0.05, 0.1) is 28.6 Å². The molecule has 0 amide bonds. The SMILES string of the molecule is Cn1c(=O)n(-c2nc(C(C)(O)Nc3cnccc3N3CCC4(CCCNC4)CC3)cs2)c2ccccc21. The lowest BCUT2D eigenvalue weighted by Gasteiger charge is -2.45. The molecule has 5 heterocycles. The number of fused-ring (bicyclic) bond motifs is 1. The van der Waals surface area contributed by atoms with Gasteiger partial charge in [0, 0.05) is 38.3 Å². The van der Waals surface area contributed by atoms with E-state index in [1.807, 2.05) is 30.3 Å². The lowest BCUT2D eigenvalue weighted by molar-refractivity contribution is 0.0846. The zero-order valence-corrected chi connectivity index (χ0v) is 22.1. The highest BCUT2D eigenvalue weighted by Crippen LogP contribution is 2.40. The van der Waals surface area contributed by atoms with Crippen molar-refractivity contribution in [2.24, 2.45) is 12.5 Å². The Morgan fingerprint density at radius 3 is 2.70 bits per heavy atom. The Kier molecular flexibility index (Phi) is 6.05. The minimum absolute atomic E-state index is 0.166. The number of piperidine rings is 2. The molecule has 2 saturated heterocycles. The second kappa shape index (κ2) is 9.27. The Morgan fingerprint density at radius 1 is 1.16 bits per heavy atom. The molecule has 1 unspecified atom stereocenters. The van der Waals surface area contributed by atoms with Crippen LogP contribution in [0.15, 0.2) is 52.9 Å². The van der Waals surface area contributed by atoms with Crippen molar-refractivity contribution < 1.29 is 5.11 Å². The van der Waals surface area contributed by atoms with E-state index in [-0.39, 0.29) is 5.69 Å². The highest BCUT2D eigenvalue weighted by Gasteiger charge is 2.36. The van der Waals surface area contributed by atoms with Gasteiger partial charge in [0.25, 0.3) is 0 Å². The molecule has 1 spiro atoms. The van der Waals surface area contributed by atoms with Crippen LogP contribution >= 0.6 is 11.3 Å². The van der Waals surface area contributed by atoms with Gasteiger partial charge in [-0.15, -0.1) is 11.3 Å². The minimum Gasteiger partial charge on any atom is -0.370 e. The molecule has 3 aromatic heterocycles. The Hall–Kier alpha value is -3.21. The quantitative estimate of drug-likeness (QED) is 0.348. The third kappa shape index (κ3) is 4.32. The van der Waals surface area contributed by atoms with Crippen molar-refractivity contribution in [1.29, 1.82) is 0 Å². The number of aromatic nitrogens is 4. The second-order valence-electron chi connectivity index (χ2n) is 10.5. The van der Waals surface area contributed by atoms with Gasteiger partial charge >= 0.3 is 5.69 Å². The van der Waals surface area contributed by atoms with Crippen molar-refractivity contribution in [2.75, 3.05) is 36.4 Å². The zero-order valence-electron chi connectivity index (χ0n) is 21.3. The van der Waals surface area contributed by atoms with E-state index >= 15 is 0 Å². The topological polar surface area (TPSA) is 100 Å². The maximum absolute atomic E-state index is 13.0. The van der Waals surface area contributed by atoms with E-state index in [1.165, 1.54) is 24.2 Å². The summed E-state index contributed by atoms with van der Waals surface area (Å²) in [6.07, 6.45) is 8.44. The van der Waals surface area contributed by atoms with Crippen LogP contribution in [0.3, 0.4) is 0 Å². The highest BCUT2D eigenvalue weighted by molar-refractivity contribution is 7.12. The minimum atomic E-state index is -1.45. The van der Waals surface area contributed by atoms with Crippen molar-refractivity contribution in [3.63, 3.8) is 0 Å². The summed E-state index contributed by atoms with van der Waals surface area (Å²) in [5.74, 6) is 0. The molecule has 2 aliphatic rings. The lowest BCUT2D eigenvalue weighted by atomic mass is 9.73. The van der Waals surface area contributed by atoms with Crippen molar-refractivity contribution in [1.82, 2.24) is 24.4 Å². The number of hydrogen-bond acceptors (Lipinski definition) is 8. The summed E-state index contributed by atoms with van der Waals surface area (Å²) in [7, 11) is 1.75. The third-order valence-electron chi connectivity index (χ3n) is 8.05. The molecule has 0 radical (unpaired) electrons. The van der Waals surface area contributed by atoms with Crippen LogP contribution in [0.2, 0.25) is 0 Å². The Labute approximate surface area is 219 Å². The molecule has 2 aliphatic heterocycles. The maximum Gasteiger partial charge on any atom is 0.335 e. The van der Waals surface area contributed by atoms with Crippen molar-refractivity contribution in [3.8, 4) is 5.13 Å². The number of imidazole rings is 1. The van der Waals surface area contributed by atoms with Crippen LogP contribution in [0.4, 0.5) is 11.4 Å². The summed E-state index contributed by atoms with van der Waals surface area (Å²) in [6, 6.07) is 9.64. The van der Waals surface area contributed by atoms with Crippen molar-refractivity contribution in [2.45, 2.75) is 38.3 Å². The van der Waals surface area contributed by atoms with E-state index in [0.29, 0.717) is 16.2 Å². The predicted octanol–water partition coefficient (Wildman–Crippen LogP) is 3.43. The van der Waals surface area contributed by atoms with Gasteiger partial charge in [-0.2, -0.15) is 0 Å². The molecule has 9 nitrogen and oxygen atoms in total. The summed E-state index contributed by atoms with van der Waals surface area (Å²) >= 11 is 1.33. The first kappa shape index (κ1) is 24.1. The Bertz CT molecular complexity index is 1470. The molecule has 6 rings (SSSR count). The van der Waals surface area contributed by atoms with Gasteiger partial charge in [-0.1, -0.05) is 12.1 Å². The molecule has 4 aromatic rings. The molecule has 37 heavy (non-hydrogen) atoms. The van der Waals surface area contributed by atoms with Crippen LogP contribution in [0.5, 0.6) is 0 Å². The molecule has 1 atom stereocenters. The van der Waals surface area contributed by atoms with Crippen LogP contribution in [0.1, 0.15) is 38.3 Å². The fourth-order valence-electron chi connectivity index (χ4n) is 5.83. The molecular weight excluding hydrogens is 486 g/mol. The van der Waals surface area contributed by atoms with Crippen LogP contribution in [0, 0.1) is 5.41 Å². The standard InChI is InChI=1S/C27H33N7O2S/c1-26(36,23-17-37-24(30-23)34-22-7-4-3-6-21(22)32(2)25(34)35)31-19-16-28-13-8-20(19)33-14-10-27(11-15-33)9-5-12-29-18-27/h3-4,6-8,13,16-17,29,31,36H,5,9-12,14-15,18H2,1-2H3. The number of aliphatic hydroxyl groups is 1. The summed E-state index contributed by atoms with van der Waals surface area (Å²) in [5, 5.41) is 20.7. The summed E-state index contributed by atoms with van der Waals surface area (Å²) in [5.41, 5.74) is 2.67. The number of rotatable bonds is 5. The number of thiazole rings is 1. The third-order valence-corrected chi connectivity index (χ3v) is 8.87. The number of para-hydroxylation sites is 2. The molecule has 10 heteroatoms. The van der Waals surface area contributed by atoms with E-state index in [2.05, 4.69) is 25.5 Å². The second-order valence-corrected chi connectivity index (χ2v) is 11.4. The Balaban J connectivity index is 1.25. The first-order valence-electron chi connectivity index (χ1n) is 12.9. The number of nitrogens with one attached hydrogen (secondary N) is 2. The average Bonchev–Trinajstić information content (AvgIpc) is 3.49. The maximum atomic E-state index is 13.0. The number of benzene rings is 1. The predicted molar refractivity (Wildman–Crippen MR) is 148 cm³/mol. The smallest absolute Gasteiger partial charge is 0.335 e. The van der Waals surface area contributed by atoms with E-state index in [1.54, 1.807) is 40.9 Å². The molecule has 0 aliphatic carbocycles. The molecular formula is C27H33N7O2S. The molecule has 194 valence electrons. The van der Waals surface area contributed by atoms with Gasteiger partial charge in [-0.25, -0.2) is 14.3 Å². The summed E-state index contributed by atoms with van der Waals surface area (Å²) in [6.45, 7) is 5.89. The van der Waals surface area contributed by atoms with E-state index in [4.69, 9.17) is 0 Å². The molecule has 1 aromatic carbocycles. The number of aryl methyl sites for hydroxylation is 1. The van der Waals surface area contributed by atoms with Gasteiger partial charge in [-0.05, 0) is 62.8 Å². The largest absolute Gasteiger partial charge is 0.370 e. The normalized spacial score (nSPS) is 19.3. The first-order valence-corrected chi connectivity index (χ1v) is 13.8. The molecule has 0 saturated carbocycles. The summed E-state index contributed by atoms with van der Waals surface area (Å²) in [4.78, 5) is 24.4. The monoisotopic (exact) mass is 519 g/mol. The van der Waals surface area contributed by atoms with Crippen LogP contribution in [-0.4, -0.2) is 50.4 Å². The molecule has 3 N–H and O–H groups in total. The van der Waals surface area contributed by atoms with Crippen LogP contribution < -0.4 is 21.2 Å². The van der Waals surface area contributed by atoms with Gasteiger partial charge in [-0.3, -0.25) is 9.55 Å². The van der Waals surface area contributed by atoms with E-state index in [0.717, 1.165) is 61.4 Å². The average molecular weight is 520 g/mol. The van der Waals surface area contributed by atoms with E-state index in [9.17, 15) is 9.90 Å². The number of anilines is 2. The number of hydrogen-bond donors (Lipinski definition) is 3. The van der Waals surface area contributed by atoms with E-state index < -0.39 is 5.72 Å². The lowest BCUT2D eigenvalue weighted by Crippen LogP contribution is -2.48. The van der Waals surface area contributed by atoms with Crippen LogP contribution in [0.25, 0.3) is 16.2 Å². The van der Waals surface area contributed by atoms with Crippen molar-refractivity contribution >= 4 is 33.7 Å². The van der Waals surface area contributed by atoms with Gasteiger partial charge < -0.3 is 20.6 Å². The Morgan fingerprint density at radius 2 is 1.95 bits per heavy atom. The fraction of sp³-hybridized carbons (Fsp3) is 0.444. The highest BCUT2D eigenvalue weighted by atomic mass is 32.1. The first-order chi connectivity index (χ1) is 17.9. The van der Waals surface area contributed by atoms with Gasteiger partial charge in [0.2, 0.25) is 0 Å². The van der Waals surface area contributed by atoms with Crippen molar-refractivity contribution in [3.05, 3.63) is 64.3 Å². The van der Waals surface area contributed by atoms with Crippen LogP contribution in [-0.2, 0) is 12.8 Å². The zero-order chi connectivity index (χ0) is 25.6. The van der Waals surface area contributed by atoms with Gasteiger partial charge in [0.1, 0.15) is 5.69 Å². The molecule has 0 bridgehead atoms. The van der Waals surface area contributed by atoms with Gasteiger partial charge in [0.15, 0.2) is 10.9 Å².